The van der Waals surface area contributed by atoms with Crippen LogP contribution < -0.4 is 10.1 Å². The highest BCUT2D eigenvalue weighted by Gasteiger charge is 2.25. The molecule has 0 atom stereocenters. The number of hydrogen-bond donors (Lipinski definition) is 1. The van der Waals surface area contributed by atoms with E-state index in [9.17, 15) is 21.6 Å². The van der Waals surface area contributed by atoms with E-state index in [-0.39, 0.29) is 21.1 Å². The Morgan fingerprint density at radius 2 is 1.24 bits per heavy atom. The van der Waals surface area contributed by atoms with Crippen molar-refractivity contribution >= 4 is 31.6 Å². The number of hydrogen-bond acceptors (Lipinski definition) is 6. The molecule has 0 bridgehead atoms. The summed E-state index contributed by atoms with van der Waals surface area (Å²) in [7, 11) is -5.99. The van der Waals surface area contributed by atoms with Crippen LogP contribution in [0, 0.1) is 0 Å². The smallest absolute Gasteiger partial charge is 0.259 e. The average molecular weight is 498 g/mol. The number of ether oxygens (including phenoxy) is 1. The molecule has 1 amide bonds. The van der Waals surface area contributed by atoms with E-state index in [1.54, 1.807) is 27.7 Å². The van der Waals surface area contributed by atoms with Gasteiger partial charge in [0, 0.05) is 31.9 Å². The highest BCUT2D eigenvalue weighted by atomic mass is 32.2. The Labute approximate surface area is 196 Å². The summed E-state index contributed by atoms with van der Waals surface area (Å²) >= 11 is 0. The fourth-order valence-electron chi connectivity index (χ4n) is 3.36. The molecule has 33 heavy (non-hydrogen) atoms. The van der Waals surface area contributed by atoms with Crippen LogP contribution in [0.1, 0.15) is 38.1 Å². The van der Waals surface area contributed by atoms with Crippen molar-refractivity contribution in [1.82, 2.24) is 8.61 Å². The van der Waals surface area contributed by atoms with Crippen LogP contribution in [0.25, 0.3) is 0 Å². The van der Waals surface area contributed by atoms with Gasteiger partial charge in [-0.3, -0.25) is 4.79 Å². The summed E-state index contributed by atoms with van der Waals surface area (Å²) in [6, 6.07) is 9.92. The van der Waals surface area contributed by atoms with Crippen molar-refractivity contribution in [2.75, 3.05) is 38.6 Å². The minimum Gasteiger partial charge on any atom is -0.496 e. The number of carbonyl (C=O) groups excluding carboxylic acids is 1. The minimum atomic E-state index is -3.76. The second-order valence-electron chi connectivity index (χ2n) is 7.02. The van der Waals surface area contributed by atoms with E-state index < -0.39 is 26.0 Å². The van der Waals surface area contributed by atoms with Gasteiger partial charge in [0.25, 0.3) is 5.91 Å². The molecule has 11 heteroatoms. The number of nitrogens with one attached hydrogen (secondary N) is 1. The Kier molecular flexibility index (Phi) is 9.01. The van der Waals surface area contributed by atoms with E-state index in [0.29, 0.717) is 31.9 Å². The van der Waals surface area contributed by atoms with Crippen LogP contribution in [0.2, 0.25) is 0 Å². The molecule has 0 unspecified atom stereocenters. The van der Waals surface area contributed by atoms with Gasteiger partial charge in [0.15, 0.2) is 0 Å². The largest absolute Gasteiger partial charge is 0.496 e. The van der Waals surface area contributed by atoms with Crippen LogP contribution in [-0.2, 0) is 20.0 Å². The average Bonchev–Trinajstić information content (AvgIpc) is 2.80. The molecular weight excluding hydrogens is 466 g/mol. The monoisotopic (exact) mass is 497 g/mol. The number of anilines is 1. The van der Waals surface area contributed by atoms with Gasteiger partial charge in [-0.2, -0.15) is 8.61 Å². The number of amides is 1. The second kappa shape index (κ2) is 11.1. The molecule has 2 aromatic carbocycles. The SMILES string of the molecule is CCN(CC)S(=O)(=O)c1ccc(NC(=O)c2cc(S(=O)(=O)N(CC)CC)ccc2OC)cc1. The number of nitrogens with zero attached hydrogens (tertiary/aromatic N) is 2. The normalized spacial score (nSPS) is 12.2. The molecule has 0 aromatic heterocycles. The molecule has 0 aliphatic rings. The fourth-order valence-corrected chi connectivity index (χ4v) is 6.30. The summed E-state index contributed by atoms with van der Waals surface area (Å²) in [4.78, 5) is 13.0. The highest BCUT2D eigenvalue weighted by Crippen LogP contribution is 2.26. The Balaban J connectivity index is 2.35. The molecule has 0 fully saturated rings. The molecule has 0 aliphatic heterocycles. The van der Waals surface area contributed by atoms with Crippen molar-refractivity contribution in [2.24, 2.45) is 0 Å². The topological polar surface area (TPSA) is 113 Å². The Hall–Kier alpha value is -2.47. The van der Waals surface area contributed by atoms with Gasteiger partial charge >= 0.3 is 0 Å². The number of benzene rings is 2. The number of rotatable bonds is 11. The minimum absolute atomic E-state index is 0.0159. The van der Waals surface area contributed by atoms with Gasteiger partial charge in [0.05, 0.1) is 22.5 Å². The summed E-state index contributed by atoms with van der Waals surface area (Å²) in [5.74, 6) is -0.366. The van der Waals surface area contributed by atoms with Crippen LogP contribution in [0.3, 0.4) is 0 Å². The zero-order valence-electron chi connectivity index (χ0n) is 19.5. The van der Waals surface area contributed by atoms with Gasteiger partial charge in [-0.15, -0.1) is 0 Å². The molecule has 0 saturated carbocycles. The van der Waals surface area contributed by atoms with Crippen LogP contribution in [0.15, 0.2) is 52.3 Å². The molecule has 9 nitrogen and oxygen atoms in total. The molecule has 0 radical (unpaired) electrons. The van der Waals surface area contributed by atoms with Gasteiger partial charge in [0.1, 0.15) is 5.75 Å². The molecule has 0 spiro atoms. The van der Waals surface area contributed by atoms with E-state index in [4.69, 9.17) is 4.74 Å². The molecule has 0 aliphatic carbocycles. The lowest BCUT2D eigenvalue weighted by Gasteiger charge is -2.19. The molecule has 0 heterocycles. The maximum absolute atomic E-state index is 12.9. The van der Waals surface area contributed by atoms with Gasteiger partial charge in [0.2, 0.25) is 20.0 Å². The Morgan fingerprint density at radius 3 is 1.70 bits per heavy atom. The molecular formula is C22H31N3O6S2. The summed E-state index contributed by atoms with van der Waals surface area (Å²) in [5, 5.41) is 2.67. The van der Waals surface area contributed by atoms with Crippen molar-refractivity contribution in [3.8, 4) is 5.75 Å². The predicted molar refractivity (Wildman–Crippen MR) is 128 cm³/mol. The highest BCUT2D eigenvalue weighted by molar-refractivity contribution is 7.89. The fraction of sp³-hybridized carbons (Fsp3) is 0.409. The van der Waals surface area contributed by atoms with Crippen molar-refractivity contribution < 1.29 is 26.4 Å². The van der Waals surface area contributed by atoms with Gasteiger partial charge in [-0.05, 0) is 42.5 Å². The Morgan fingerprint density at radius 1 is 0.788 bits per heavy atom. The van der Waals surface area contributed by atoms with Gasteiger partial charge in [-0.1, -0.05) is 27.7 Å². The zero-order valence-corrected chi connectivity index (χ0v) is 21.2. The van der Waals surface area contributed by atoms with Crippen molar-refractivity contribution in [1.29, 1.82) is 0 Å². The first-order valence-corrected chi connectivity index (χ1v) is 13.5. The van der Waals surface area contributed by atoms with E-state index in [1.165, 1.54) is 58.2 Å². The predicted octanol–water partition coefficient (Wildman–Crippen LogP) is 3.01. The maximum atomic E-state index is 12.9. The van der Waals surface area contributed by atoms with E-state index >= 15 is 0 Å². The van der Waals surface area contributed by atoms with Crippen molar-refractivity contribution in [2.45, 2.75) is 37.5 Å². The van der Waals surface area contributed by atoms with Crippen LogP contribution in [0.4, 0.5) is 5.69 Å². The third-order valence-electron chi connectivity index (χ3n) is 5.21. The molecule has 2 aromatic rings. The lowest BCUT2D eigenvalue weighted by Crippen LogP contribution is -2.30. The van der Waals surface area contributed by atoms with Crippen molar-refractivity contribution in [3.63, 3.8) is 0 Å². The van der Waals surface area contributed by atoms with Crippen molar-refractivity contribution in [3.05, 3.63) is 48.0 Å². The van der Waals surface area contributed by atoms with Crippen LogP contribution in [0.5, 0.6) is 5.75 Å². The summed E-state index contributed by atoms with van der Waals surface area (Å²) in [6.45, 7) is 8.30. The van der Waals surface area contributed by atoms with Crippen LogP contribution in [-0.4, -0.2) is 64.6 Å². The summed E-state index contributed by atoms with van der Waals surface area (Å²) < 4.78 is 58.9. The first-order valence-electron chi connectivity index (χ1n) is 10.7. The molecule has 1 N–H and O–H groups in total. The number of methoxy groups -OCH3 is 1. The second-order valence-corrected chi connectivity index (χ2v) is 10.9. The van der Waals surface area contributed by atoms with Gasteiger partial charge < -0.3 is 10.1 Å². The number of carbonyl (C=O) groups is 1. The number of sulfonamides is 2. The van der Waals surface area contributed by atoms with Crippen LogP contribution >= 0.6 is 0 Å². The first-order chi connectivity index (χ1) is 15.6. The van der Waals surface area contributed by atoms with E-state index in [1.807, 2.05) is 0 Å². The third kappa shape index (κ3) is 5.72. The molecule has 2 rings (SSSR count). The summed E-state index contributed by atoms with van der Waals surface area (Å²) in [5.41, 5.74) is 0.406. The van der Waals surface area contributed by atoms with Gasteiger partial charge in [-0.25, -0.2) is 16.8 Å². The first kappa shape index (κ1) is 26.8. The standard InChI is InChI=1S/C22H31N3O6S2/c1-6-24(7-2)32(27,28)18-12-10-17(11-13-18)23-22(26)20-16-19(14-15-21(20)31-5)33(29,30)25(8-3)9-4/h10-16H,6-9H2,1-5H3,(H,23,26). The Bertz CT molecular complexity index is 1170. The van der Waals surface area contributed by atoms with E-state index in [0.717, 1.165) is 0 Å². The maximum Gasteiger partial charge on any atom is 0.259 e. The zero-order chi connectivity index (χ0) is 24.8. The van der Waals surface area contributed by atoms with E-state index in [2.05, 4.69) is 5.32 Å². The summed E-state index contributed by atoms with van der Waals surface area (Å²) in [6.07, 6.45) is 0. The lowest BCUT2D eigenvalue weighted by molar-refractivity contribution is 0.102. The lowest BCUT2D eigenvalue weighted by atomic mass is 10.2. The quantitative estimate of drug-likeness (QED) is 0.511. The molecule has 0 saturated heterocycles. The molecule has 182 valence electrons. The third-order valence-corrected chi connectivity index (χ3v) is 9.32.